The Morgan fingerprint density at radius 1 is 1.00 bits per heavy atom. The minimum atomic E-state index is -0.199. The first kappa shape index (κ1) is 21.4. The molecule has 0 saturated carbocycles. The first-order valence-corrected chi connectivity index (χ1v) is 9.16. The topological polar surface area (TPSA) is 68.8 Å². The summed E-state index contributed by atoms with van der Waals surface area (Å²) < 4.78 is 0. The van der Waals surface area contributed by atoms with Crippen LogP contribution < -0.4 is 10.2 Å². The molecule has 2 aromatic rings. The van der Waals surface area contributed by atoms with Gasteiger partial charge in [0.2, 0.25) is 11.8 Å². The number of hydrogen-bond donors (Lipinski definition) is 1. The number of aromatic nitrogens is 1. The average molecular weight is 383 g/mol. The number of nitrogens with zero attached hydrogens (tertiary/aromatic N) is 4. The molecule has 0 aliphatic rings. The van der Waals surface area contributed by atoms with Crippen LogP contribution in [0.25, 0.3) is 0 Å². The fourth-order valence-electron chi connectivity index (χ4n) is 2.70. The van der Waals surface area contributed by atoms with Crippen molar-refractivity contribution in [2.24, 2.45) is 0 Å². The highest BCUT2D eigenvalue weighted by atomic mass is 16.2. The molecule has 2 amide bonds. The summed E-state index contributed by atoms with van der Waals surface area (Å²) in [6, 6.07) is 11.8. The van der Waals surface area contributed by atoms with E-state index in [4.69, 9.17) is 0 Å². The Bertz CT molecular complexity index is 805. The van der Waals surface area contributed by atoms with Crippen molar-refractivity contribution < 1.29 is 9.59 Å². The molecule has 150 valence electrons. The molecule has 1 heterocycles. The van der Waals surface area contributed by atoms with Gasteiger partial charge in [0, 0.05) is 39.6 Å². The Morgan fingerprint density at radius 3 is 2.29 bits per heavy atom. The second kappa shape index (κ2) is 9.85. The zero-order valence-electron chi connectivity index (χ0n) is 17.3. The van der Waals surface area contributed by atoms with E-state index in [2.05, 4.69) is 10.3 Å². The normalized spacial score (nSPS) is 10.6. The summed E-state index contributed by atoms with van der Waals surface area (Å²) in [5, 5.41) is 2.75. The lowest BCUT2D eigenvalue weighted by Gasteiger charge is -2.22. The molecular formula is C21H29N5O2. The number of aryl methyl sites for hydroxylation is 1. The quantitative estimate of drug-likeness (QED) is 0.755. The molecule has 0 saturated heterocycles. The van der Waals surface area contributed by atoms with Gasteiger partial charge in [0.25, 0.3) is 0 Å². The van der Waals surface area contributed by atoms with Crippen LogP contribution in [0.15, 0.2) is 42.6 Å². The summed E-state index contributed by atoms with van der Waals surface area (Å²) in [5.74, 6) is 0.277. The highest BCUT2D eigenvalue weighted by molar-refractivity contribution is 5.91. The predicted octanol–water partition coefficient (Wildman–Crippen LogP) is 1.98. The molecule has 0 bridgehead atoms. The summed E-state index contributed by atoms with van der Waals surface area (Å²) >= 11 is 0. The highest BCUT2D eigenvalue weighted by Gasteiger charge is 2.15. The third-order valence-electron chi connectivity index (χ3n) is 4.30. The smallest absolute Gasteiger partial charge is 0.239 e. The first-order valence-electron chi connectivity index (χ1n) is 9.16. The lowest BCUT2D eigenvalue weighted by atomic mass is 10.2. The lowest BCUT2D eigenvalue weighted by Crippen LogP contribution is -2.39. The molecule has 0 unspecified atom stereocenters. The van der Waals surface area contributed by atoms with Crippen molar-refractivity contribution in [3.63, 3.8) is 0 Å². The summed E-state index contributed by atoms with van der Waals surface area (Å²) in [6.45, 7) is 2.75. The number of pyridine rings is 1. The van der Waals surface area contributed by atoms with Gasteiger partial charge in [0.15, 0.2) is 0 Å². The fraction of sp³-hybridized carbons (Fsp3) is 0.381. The Morgan fingerprint density at radius 2 is 1.68 bits per heavy atom. The molecule has 1 N–H and O–H groups in total. The molecule has 0 atom stereocenters. The Hall–Kier alpha value is -2.93. The van der Waals surface area contributed by atoms with E-state index in [0.717, 1.165) is 16.8 Å². The number of carbonyl (C=O) groups is 2. The van der Waals surface area contributed by atoms with Crippen molar-refractivity contribution >= 4 is 23.3 Å². The maximum absolute atomic E-state index is 12.4. The highest BCUT2D eigenvalue weighted by Crippen LogP contribution is 2.13. The molecule has 2 rings (SSSR count). The van der Waals surface area contributed by atoms with E-state index >= 15 is 0 Å². The molecule has 1 aromatic heterocycles. The molecule has 0 aliphatic carbocycles. The van der Waals surface area contributed by atoms with E-state index in [-0.39, 0.29) is 24.9 Å². The first-order chi connectivity index (χ1) is 13.2. The zero-order chi connectivity index (χ0) is 20.7. The lowest BCUT2D eigenvalue weighted by molar-refractivity contribution is -0.131. The van der Waals surface area contributed by atoms with Gasteiger partial charge in [-0.3, -0.25) is 14.5 Å². The minimum absolute atomic E-state index is 0.0410. The van der Waals surface area contributed by atoms with Crippen molar-refractivity contribution in [2.75, 3.05) is 51.5 Å². The standard InChI is InChI=1S/C21H29N5O2/c1-16-10-11-22-19(12-16)23-20(27)14-25(4)15-21(28)26(5)13-17-6-8-18(9-7-17)24(2)3/h6-12H,13-15H2,1-5H3,(H,22,23,27). The summed E-state index contributed by atoms with van der Waals surface area (Å²) in [7, 11) is 7.50. The van der Waals surface area contributed by atoms with Crippen molar-refractivity contribution in [3.8, 4) is 0 Å². The molecule has 7 heteroatoms. The number of carbonyl (C=O) groups excluding carboxylic acids is 2. The maximum Gasteiger partial charge on any atom is 0.239 e. The Labute approximate surface area is 167 Å². The Balaban J connectivity index is 1.81. The van der Waals surface area contributed by atoms with Gasteiger partial charge in [-0.1, -0.05) is 12.1 Å². The van der Waals surface area contributed by atoms with Crippen molar-refractivity contribution in [3.05, 3.63) is 53.7 Å². The van der Waals surface area contributed by atoms with Crippen molar-refractivity contribution in [1.29, 1.82) is 0 Å². The average Bonchev–Trinajstić information content (AvgIpc) is 2.61. The van der Waals surface area contributed by atoms with E-state index in [0.29, 0.717) is 12.4 Å². The molecular weight excluding hydrogens is 354 g/mol. The van der Waals surface area contributed by atoms with Crippen LogP contribution in [0.5, 0.6) is 0 Å². The zero-order valence-corrected chi connectivity index (χ0v) is 17.3. The van der Waals surface area contributed by atoms with E-state index in [1.807, 2.05) is 56.3 Å². The van der Waals surface area contributed by atoms with E-state index in [1.54, 1.807) is 36.2 Å². The third kappa shape index (κ3) is 6.66. The molecule has 1 aromatic carbocycles. The van der Waals surface area contributed by atoms with E-state index in [9.17, 15) is 9.59 Å². The second-order valence-electron chi connectivity index (χ2n) is 7.25. The van der Waals surface area contributed by atoms with Gasteiger partial charge in [-0.25, -0.2) is 4.98 Å². The van der Waals surface area contributed by atoms with Crippen LogP contribution in [0, 0.1) is 6.92 Å². The number of hydrogen-bond acceptors (Lipinski definition) is 5. The third-order valence-corrected chi connectivity index (χ3v) is 4.30. The van der Waals surface area contributed by atoms with Crippen LogP contribution in [0.2, 0.25) is 0 Å². The van der Waals surface area contributed by atoms with Gasteiger partial charge >= 0.3 is 0 Å². The van der Waals surface area contributed by atoms with Gasteiger partial charge in [0.1, 0.15) is 5.82 Å². The number of nitrogens with one attached hydrogen (secondary N) is 1. The van der Waals surface area contributed by atoms with Gasteiger partial charge in [0.05, 0.1) is 13.1 Å². The Kier molecular flexibility index (Phi) is 7.52. The summed E-state index contributed by atoms with van der Waals surface area (Å²) in [4.78, 5) is 34.1. The monoisotopic (exact) mass is 383 g/mol. The summed E-state index contributed by atoms with van der Waals surface area (Å²) in [6.07, 6.45) is 1.65. The summed E-state index contributed by atoms with van der Waals surface area (Å²) in [5.41, 5.74) is 3.20. The van der Waals surface area contributed by atoms with Gasteiger partial charge in [-0.2, -0.15) is 0 Å². The van der Waals surface area contributed by atoms with Gasteiger partial charge in [-0.15, -0.1) is 0 Å². The fourth-order valence-corrected chi connectivity index (χ4v) is 2.70. The van der Waals surface area contributed by atoms with Crippen LogP contribution in [-0.2, 0) is 16.1 Å². The number of likely N-dealkylation sites (N-methyl/N-ethyl adjacent to an activating group) is 2. The predicted molar refractivity (Wildman–Crippen MR) is 112 cm³/mol. The molecule has 28 heavy (non-hydrogen) atoms. The minimum Gasteiger partial charge on any atom is -0.378 e. The largest absolute Gasteiger partial charge is 0.378 e. The molecule has 0 fully saturated rings. The SMILES string of the molecule is Cc1ccnc(NC(=O)CN(C)CC(=O)N(C)Cc2ccc(N(C)C)cc2)c1. The maximum atomic E-state index is 12.4. The van der Waals surface area contributed by atoms with Crippen molar-refractivity contribution in [1.82, 2.24) is 14.8 Å². The van der Waals surface area contributed by atoms with Crippen LogP contribution in [-0.4, -0.2) is 67.9 Å². The number of amides is 2. The van der Waals surface area contributed by atoms with Gasteiger partial charge < -0.3 is 15.1 Å². The molecule has 0 radical (unpaired) electrons. The van der Waals surface area contributed by atoms with E-state index < -0.39 is 0 Å². The number of benzene rings is 1. The van der Waals surface area contributed by atoms with Crippen LogP contribution >= 0.6 is 0 Å². The van der Waals surface area contributed by atoms with E-state index in [1.165, 1.54) is 0 Å². The molecule has 0 aliphatic heterocycles. The van der Waals surface area contributed by atoms with Gasteiger partial charge in [-0.05, 0) is 49.4 Å². The second-order valence-corrected chi connectivity index (χ2v) is 7.25. The van der Waals surface area contributed by atoms with Crippen molar-refractivity contribution in [2.45, 2.75) is 13.5 Å². The number of anilines is 2. The molecule has 7 nitrogen and oxygen atoms in total. The molecule has 0 spiro atoms. The van der Waals surface area contributed by atoms with Crippen LogP contribution in [0.4, 0.5) is 11.5 Å². The number of rotatable bonds is 8. The van der Waals surface area contributed by atoms with Crippen LogP contribution in [0.3, 0.4) is 0 Å². The van der Waals surface area contributed by atoms with Crippen LogP contribution in [0.1, 0.15) is 11.1 Å².